The molecule has 1 N–H and O–H groups in total. The Morgan fingerprint density at radius 2 is 2.35 bits per heavy atom. The van der Waals surface area contributed by atoms with Crippen LogP contribution in [0.5, 0.6) is 0 Å². The first-order valence-corrected chi connectivity index (χ1v) is 5.71. The van der Waals surface area contributed by atoms with Crippen LogP contribution >= 0.6 is 0 Å². The lowest BCUT2D eigenvalue weighted by atomic mass is 9.88. The predicted octanol–water partition coefficient (Wildman–Crippen LogP) is 2.34. The SMILES string of the molecule is CCC(C)(C#N)C(=O)Nc1ccn(C(C)C)n1. The molecule has 1 aromatic rings. The monoisotopic (exact) mass is 234 g/mol. The van der Waals surface area contributed by atoms with Gasteiger partial charge in [-0.1, -0.05) is 6.92 Å². The summed E-state index contributed by atoms with van der Waals surface area (Å²) in [6, 6.07) is 4.00. The number of hydrogen-bond acceptors (Lipinski definition) is 3. The Balaban J connectivity index is 2.78. The predicted molar refractivity (Wildman–Crippen MR) is 65.3 cm³/mol. The van der Waals surface area contributed by atoms with E-state index in [1.807, 2.05) is 26.8 Å². The van der Waals surface area contributed by atoms with E-state index in [0.717, 1.165) is 0 Å². The molecule has 0 bridgehead atoms. The summed E-state index contributed by atoms with van der Waals surface area (Å²) in [5.41, 5.74) is -0.998. The first kappa shape index (κ1) is 13.2. The van der Waals surface area contributed by atoms with Crippen LogP contribution in [-0.4, -0.2) is 15.7 Å². The second-order valence-corrected chi connectivity index (χ2v) is 4.53. The molecular weight excluding hydrogens is 216 g/mol. The first-order valence-electron chi connectivity index (χ1n) is 5.71. The third-order valence-electron chi connectivity index (χ3n) is 2.83. The number of amides is 1. The van der Waals surface area contributed by atoms with E-state index in [4.69, 9.17) is 5.26 Å². The van der Waals surface area contributed by atoms with Gasteiger partial charge in [-0.2, -0.15) is 10.4 Å². The number of aromatic nitrogens is 2. The summed E-state index contributed by atoms with van der Waals surface area (Å²) < 4.78 is 1.76. The average molecular weight is 234 g/mol. The molecule has 1 unspecified atom stereocenters. The molecule has 0 fully saturated rings. The lowest BCUT2D eigenvalue weighted by Crippen LogP contribution is -2.31. The minimum atomic E-state index is -0.998. The van der Waals surface area contributed by atoms with Crippen molar-refractivity contribution in [1.82, 2.24) is 9.78 Å². The molecule has 1 aromatic heterocycles. The lowest BCUT2D eigenvalue weighted by Gasteiger charge is -2.17. The molecule has 1 rings (SSSR count). The Hall–Kier alpha value is -1.83. The molecule has 5 nitrogen and oxygen atoms in total. The van der Waals surface area contributed by atoms with E-state index < -0.39 is 5.41 Å². The summed E-state index contributed by atoms with van der Waals surface area (Å²) in [5, 5.41) is 15.9. The molecule has 1 atom stereocenters. The van der Waals surface area contributed by atoms with Crippen molar-refractivity contribution in [2.75, 3.05) is 5.32 Å². The number of anilines is 1. The summed E-state index contributed by atoms with van der Waals surface area (Å²) in [5.74, 6) is 0.176. The van der Waals surface area contributed by atoms with E-state index in [-0.39, 0.29) is 11.9 Å². The van der Waals surface area contributed by atoms with Crippen LogP contribution in [0.1, 0.15) is 40.2 Å². The van der Waals surface area contributed by atoms with Gasteiger partial charge >= 0.3 is 0 Å². The molecule has 0 radical (unpaired) electrons. The molecule has 0 aliphatic carbocycles. The summed E-state index contributed by atoms with van der Waals surface area (Å²) in [6.45, 7) is 7.45. The highest BCUT2D eigenvalue weighted by molar-refractivity contribution is 5.96. The number of nitriles is 1. The fourth-order valence-corrected chi connectivity index (χ4v) is 1.24. The Kier molecular flexibility index (Phi) is 3.89. The summed E-state index contributed by atoms with van der Waals surface area (Å²) in [4.78, 5) is 11.9. The van der Waals surface area contributed by atoms with Gasteiger partial charge in [0.2, 0.25) is 5.91 Å². The zero-order valence-electron chi connectivity index (χ0n) is 10.7. The second kappa shape index (κ2) is 5.00. The molecule has 0 saturated carbocycles. The molecule has 1 amide bonds. The molecule has 17 heavy (non-hydrogen) atoms. The average Bonchev–Trinajstić information content (AvgIpc) is 2.76. The van der Waals surface area contributed by atoms with Gasteiger partial charge in [0.25, 0.3) is 0 Å². The van der Waals surface area contributed by atoms with E-state index in [0.29, 0.717) is 12.2 Å². The van der Waals surface area contributed by atoms with Crippen LogP contribution in [0.4, 0.5) is 5.82 Å². The summed E-state index contributed by atoms with van der Waals surface area (Å²) >= 11 is 0. The number of hydrogen-bond donors (Lipinski definition) is 1. The van der Waals surface area contributed by atoms with Crippen molar-refractivity contribution >= 4 is 11.7 Å². The molecule has 0 aliphatic heterocycles. The Morgan fingerprint density at radius 1 is 1.71 bits per heavy atom. The fourth-order valence-electron chi connectivity index (χ4n) is 1.24. The van der Waals surface area contributed by atoms with Gasteiger partial charge in [-0.3, -0.25) is 9.48 Å². The quantitative estimate of drug-likeness (QED) is 0.869. The maximum Gasteiger partial charge on any atom is 0.245 e. The topological polar surface area (TPSA) is 70.7 Å². The van der Waals surface area contributed by atoms with Crippen LogP contribution in [0.3, 0.4) is 0 Å². The molecule has 0 aromatic carbocycles. The van der Waals surface area contributed by atoms with Gasteiger partial charge in [-0.25, -0.2) is 0 Å². The van der Waals surface area contributed by atoms with Gasteiger partial charge in [-0.15, -0.1) is 0 Å². The van der Waals surface area contributed by atoms with E-state index >= 15 is 0 Å². The van der Waals surface area contributed by atoms with E-state index in [1.165, 1.54) is 0 Å². The molecule has 1 heterocycles. The summed E-state index contributed by atoms with van der Waals surface area (Å²) in [7, 11) is 0. The van der Waals surface area contributed by atoms with Crippen LogP contribution in [-0.2, 0) is 4.79 Å². The molecule has 0 spiro atoms. The van der Waals surface area contributed by atoms with Crippen molar-refractivity contribution in [2.24, 2.45) is 5.41 Å². The highest BCUT2D eigenvalue weighted by Crippen LogP contribution is 2.22. The minimum absolute atomic E-state index is 0.245. The van der Waals surface area contributed by atoms with Crippen LogP contribution < -0.4 is 5.32 Å². The van der Waals surface area contributed by atoms with Crippen LogP contribution in [0.15, 0.2) is 12.3 Å². The van der Waals surface area contributed by atoms with Gasteiger partial charge in [0.1, 0.15) is 5.41 Å². The van der Waals surface area contributed by atoms with E-state index in [2.05, 4.69) is 10.4 Å². The van der Waals surface area contributed by atoms with Crippen molar-refractivity contribution in [3.05, 3.63) is 12.3 Å². The third-order valence-corrected chi connectivity index (χ3v) is 2.83. The van der Waals surface area contributed by atoms with Gasteiger partial charge in [0.05, 0.1) is 6.07 Å². The number of nitrogens with zero attached hydrogens (tertiary/aromatic N) is 3. The highest BCUT2D eigenvalue weighted by Gasteiger charge is 2.31. The maximum absolute atomic E-state index is 11.9. The van der Waals surface area contributed by atoms with Crippen LogP contribution in [0.2, 0.25) is 0 Å². The molecule has 5 heteroatoms. The van der Waals surface area contributed by atoms with Crippen LogP contribution in [0.25, 0.3) is 0 Å². The zero-order chi connectivity index (χ0) is 13.1. The largest absolute Gasteiger partial charge is 0.308 e. The number of carbonyl (C=O) groups excluding carboxylic acids is 1. The highest BCUT2D eigenvalue weighted by atomic mass is 16.2. The molecular formula is C12H18N4O. The number of nitrogens with one attached hydrogen (secondary N) is 1. The third kappa shape index (κ3) is 2.84. The van der Waals surface area contributed by atoms with Crippen molar-refractivity contribution in [2.45, 2.75) is 40.2 Å². The van der Waals surface area contributed by atoms with Gasteiger partial charge in [-0.05, 0) is 27.2 Å². The smallest absolute Gasteiger partial charge is 0.245 e. The Bertz CT molecular complexity index is 444. The Morgan fingerprint density at radius 3 is 2.76 bits per heavy atom. The Labute approximate surface area is 101 Å². The number of rotatable bonds is 4. The van der Waals surface area contributed by atoms with Gasteiger partial charge < -0.3 is 5.32 Å². The lowest BCUT2D eigenvalue weighted by molar-refractivity contribution is -0.122. The minimum Gasteiger partial charge on any atom is -0.308 e. The molecule has 0 saturated heterocycles. The fraction of sp³-hybridized carbons (Fsp3) is 0.583. The first-order chi connectivity index (χ1) is 7.92. The zero-order valence-corrected chi connectivity index (χ0v) is 10.7. The summed E-state index contributed by atoms with van der Waals surface area (Å²) in [6.07, 6.45) is 2.27. The molecule has 0 aliphatic rings. The van der Waals surface area contributed by atoms with E-state index in [1.54, 1.807) is 23.9 Å². The standard InChI is InChI=1S/C12H18N4O/c1-5-12(4,8-13)11(17)14-10-6-7-16(15-10)9(2)3/h6-7,9H,5H2,1-4H3,(H,14,15,17). The van der Waals surface area contributed by atoms with Gasteiger partial charge in [0, 0.05) is 18.3 Å². The van der Waals surface area contributed by atoms with Crippen molar-refractivity contribution in [3.8, 4) is 6.07 Å². The number of carbonyl (C=O) groups is 1. The van der Waals surface area contributed by atoms with Crippen LogP contribution in [0, 0.1) is 16.7 Å². The van der Waals surface area contributed by atoms with E-state index in [9.17, 15) is 4.79 Å². The normalized spacial score (nSPS) is 14.1. The van der Waals surface area contributed by atoms with Crippen molar-refractivity contribution in [1.29, 1.82) is 5.26 Å². The van der Waals surface area contributed by atoms with Gasteiger partial charge in [0.15, 0.2) is 5.82 Å². The maximum atomic E-state index is 11.9. The molecule has 92 valence electrons. The second-order valence-electron chi connectivity index (χ2n) is 4.53. The van der Waals surface area contributed by atoms with Crippen molar-refractivity contribution in [3.63, 3.8) is 0 Å². The van der Waals surface area contributed by atoms with Crippen molar-refractivity contribution < 1.29 is 4.79 Å².